The molecule has 2 aliphatic rings. The molecule has 0 spiro atoms. The quantitative estimate of drug-likeness (QED) is 0.863. The number of carbonyl (C=O) groups excluding carboxylic acids is 1. The van der Waals surface area contributed by atoms with Gasteiger partial charge in [0.05, 0.1) is 6.04 Å². The minimum absolute atomic E-state index is 0.103. The number of nitrogens with zero attached hydrogens (tertiary/aromatic N) is 1. The molecule has 96 valence electrons. The Morgan fingerprint density at radius 3 is 2.89 bits per heavy atom. The average molecular weight is 248 g/mol. The molecule has 0 unspecified atom stereocenters. The van der Waals surface area contributed by atoms with Gasteiger partial charge in [-0.25, -0.2) is 4.39 Å². The van der Waals surface area contributed by atoms with E-state index in [0.29, 0.717) is 0 Å². The summed E-state index contributed by atoms with van der Waals surface area (Å²) in [5.41, 5.74) is 2.23. The minimum Gasteiger partial charge on any atom is -0.344 e. The molecule has 1 fully saturated rings. The number of benzene rings is 1. The van der Waals surface area contributed by atoms with Gasteiger partial charge in [-0.15, -0.1) is 0 Å². The van der Waals surface area contributed by atoms with Gasteiger partial charge in [0.2, 0.25) is 5.91 Å². The van der Waals surface area contributed by atoms with E-state index in [0.717, 1.165) is 31.4 Å². The zero-order chi connectivity index (χ0) is 12.7. The number of aryl methyl sites for hydroxylation is 1. The van der Waals surface area contributed by atoms with E-state index < -0.39 is 0 Å². The maximum atomic E-state index is 13.3. The number of halogens is 1. The van der Waals surface area contributed by atoms with E-state index in [1.54, 1.807) is 11.0 Å². The van der Waals surface area contributed by atoms with Crippen molar-refractivity contribution in [3.63, 3.8) is 0 Å². The van der Waals surface area contributed by atoms with Crippen molar-refractivity contribution in [1.82, 2.24) is 10.2 Å². The molecule has 4 heteroatoms. The minimum atomic E-state index is -0.197. The predicted molar refractivity (Wildman–Crippen MR) is 66.6 cm³/mol. The van der Waals surface area contributed by atoms with Crippen molar-refractivity contribution >= 4 is 5.91 Å². The van der Waals surface area contributed by atoms with Crippen molar-refractivity contribution in [2.45, 2.75) is 31.3 Å². The lowest BCUT2D eigenvalue weighted by atomic mass is 10.1. The summed E-state index contributed by atoms with van der Waals surface area (Å²) in [6.45, 7) is 0.805. The molecule has 1 heterocycles. The smallest absolute Gasteiger partial charge is 0.239 e. The molecule has 0 saturated carbocycles. The van der Waals surface area contributed by atoms with Crippen LogP contribution in [0.5, 0.6) is 0 Å². The number of rotatable bonds is 2. The standard InChI is InChI=1S/C14H17FN2O/c1-17-7-6-13(14(17)18)16-12-5-3-9-2-4-10(15)8-11(9)12/h2,4,8,12-13,16H,3,5-7H2,1H3/t12-,13-/m1/s1. The van der Waals surface area contributed by atoms with Gasteiger partial charge < -0.3 is 4.90 Å². The second kappa shape index (κ2) is 4.35. The topological polar surface area (TPSA) is 32.3 Å². The summed E-state index contributed by atoms with van der Waals surface area (Å²) in [5, 5.41) is 3.38. The van der Waals surface area contributed by atoms with Crippen LogP contribution in [0, 0.1) is 5.82 Å². The molecular formula is C14H17FN2O. The highest BCUT2D eigenvalue weighted by Gasteiger charge is 2.33. The highest BCUT2D eigenvalue weighted by Crippen LogP contribution is 2.32. The number of hydrogen-bond donors (Lipinski definition) is 1. The summed E-state index contributed by atoms with van der Waals surface area (Å²) in [6, 6.07) is 4.98. The highest BCUT2D eigenvalue weighted by atomic mass is 19.1. The van der Waals surface area contributed by atoms with E-state index in [4.69, 9.17) is 0 Å². The fourth-order valence-electron chi connectivity index (χ4n) is 2.97. The Morgan fingerprint density at radius 1 is 1.33 bits per heavy atom. The second-order valence-corrected chi connectivity index (χ2v) is 5.20. The van der Waals surface area contributed by atoms with E-state index >= 15 is 0 Å². The van der Waals surface area contributed by atoms with Crippen LogP contribution in [-0.4, -0.2) is 30.4 Å². The first-order valence-corrected chi connectivity index (χ1v) is 6.44. The van der Waals surface area contributed by atoms with E-state index in [-0.39, 0.29) is 23.8 Å². The summed E-state index contributed by atoms with van der Waals surface area (Å²) in [6.07, 6.45) is 2.76. The first kappa shape index (κ1) is 11.7. The fraction of sp³-hybridized carbons (Fsp3) is 0.500. The molecule has 3 nitrogen and oxygen atoms in total. The molecule has 2 atom stereocenters. The number of nitrogens with one attached hydrogen (secondary N) is 1. The molecule has 0 radical (unpaired) electrons. The zero-order valence-corrected chi connectivity index (χ0v) is 10.4. The SMILES string of the molecule is CN1CC[C@@H](N[C@@H]2CCc3ccc(F)cc32)C1=O. The van der Waals surface area contributed by atoms with Crippen molar-refractivity contribution in [1.29, 1.82) is 0 Å². The van der Waals surface area contributed by atoms with Crippen LogP contribution in [0.25, 0.3) is 0 Å². The number of likely N-dealkylation sites (N-methyl/N-ethyl adjacent to an activating group) is 1. The van der Waals surface area contributed by atoms with Crippen molar-refractivity contribution in [3.05, 3.63) is 35.1 Å². The third kappa shape index (κ3) is 1.90. The van der Waals surface area contributed by atoms with Crippen molar-refractivity contribution in [3.8, 4) is 0 Å². The normalized spacial score (nSPS) is 26.8. The van der Waals surface area contributed by atoms with Crippen molar-refractivity contribution < 1.29 is 9.18 Å². The lowest BCUT2D eigenvalue weighted by Crippen LogP contribution is -2.38. The zero-order valence-electron chi connectivity index (χ0n) is 10.4. The van der Waals surface area contributed by atoms with Gasteiger partial charge in [-0.05, 0) is 42.5 Å². The maximum Gasteiger partial charge on any atom is 0.239 e. The predicted octanol–water partition coefficient (Wildman–Crippen LogP) is 1.63. The summed E-state index contributed by atoms with van der Waals surface area (Å²) < 4.78 is 13.3. The molecule has 1 aromatic carbocycles. The summed E-state index contributed by atoms with van der Waals surface area (Å²) in [7, 11) is 1.83. The van der Waals surface area contributed by atoms with Gasteiger partial charge in [-0.2, -0.15) is 0 Å². The van der Waals surface area contributed by atoms with Gasteiger partial charge in [0.1, 0.15) is 5.82 Å². The Kier molecular flexibility index (Phi) is 2.82. The maximum absolute atomic E-state index is 13.3. The molecule has 1 saturated heterocycles. The first-order chi connectivity index (χ1) is 8.65. The lowest BCUT2D eigenvalue weighted by molar-refractivity contribution is -0.128. The summed E-state index contributed by atoms with van der Waals surface area (Å²) >= 11 is 0. The molecule has 1 aliphatic carbocycles. The van der Waals surface area contributed by atoms with E-state index in [1.165, 1.54) is 11.6 Å². The number of amides is 1. The van der Waals surface area contributed by atoms with Crippen molar-refractivity contribution in [2.75, 3.05) is 13.6 Å². The van der Waals surface area contributed by atoms with Crippen molar-refractivity contribution in [2.24, 2.45) is 0 Å². The highest BCUT2D eigenvalue weighted by molar-refractivity contribution is 5.83. The van der Waals surface area contributed by atoms with Gasteiger partial charge in [0.25, 0.3) is 0 Å². The molecule has 0 bridgehead atoms. The average Bonchev–Trinajstić information content (AvgIpc) is 2.88. The molecule has 1 aromatic rings. The van der Waals surface area contributed by atoms with Gasteiger partial charge in [0, 0.05) is 19.6 Å². The third-order valence-electron chi connectivity index (χ3n) is 4.02. The molecule has 1 amide bonds. The second-order valence-electron chi connectivity index (χ2n) is 5.20. The van der Waals surface area contributed by atoms with Crippen LogP contribution in [0.15, 0.2) is 18.2 Å². The lowest BCUT2D eigenvalue weighted by Gasteiger charge is -2.18. The summed E-state index contributed by atoms with van der Waals surface area (Å²) in [5.74, 6) is -0.0443. The molecule has 0 aromatic heterocycles. The Bertz CT molecular complexity index is 489. The number of hydrogen-bond acceptors (Lipinski definition) is 2. The largest absolute Gasteiger partial charge is 0.344 e. The Balaban J connectivity index is 1.77. The van der Waals surface area contributed by atoms with Gasteiger partial charge in [-0.3, -0.25) is 10.1 Å². The van der Waals surface area contributed by atoms with Gasteiger partial charge in [-0.1, -0.05) is 6.07 Å². The Morgan fingerprint density at radius 2 is 2.17 bits per heavy atom. The third-order valence-corrected chi connectivity index (χ3v) is 4.02. The fourth-order valence-corrected chi connectivity index (χ4v) is 2.97. The van der Waals surface area contributed by atoms with Crippen LogP contribution in [0.2, 0.25) is 0 Å². The molecule has 3 rings (SSSR count). The van der Waals surface area contributed by atoms with Gasteiger partial charge in [0.15, 0.2) is 0 Å². The van der Waals surface area contributed by atoms with Crippen LogP contribution >= 0.6 is 0 Å². The molecular weight excluding hydrogens is 231 g/mol. The van der Waals surface area contributed by atoms with Crippen LogP contribution in [-0.2, 0) is 11.2 Å². The number of fused-ring (bicyclic) bond motifs is 1. The summed E-state index contributed by atoms with van der Waals surface area (Å²) in [4.78, 5) is 13.6. The monoisotopic (exact) mass is 248 g/mol. The van der Waals surface area contributed by atoms with Crippen LogP contribution in [0.4, 0.5) is 4.39 Å². The van der Waals surface area contributed by atoms with E-state index in [2.05, 4.69) is 5.32 Å². The van der Waals surface area contributed by atoms with E-state index in [9.17, 15) is 9.18 Å². The molecule has 1 N–H and O–H groups in total. The Hall–Kier alpha value is -1.42. The molecule has 18 heavy (non-hydrogen) atoms. The van der Waals surface area contributed by atoms with E-state index in [1.807, 2.05) is 13.1 Å². The Labute approximate surface area is 106 Å². The van der Waals surface area contributed by atoms with Crippen LogP contribution in [0.1, 0.15) is 30.0 Å². The first-order valence-electron chi connectivity index (χ1n) is 6.44. The van der Waals surface area contributed by atoms with Crippen LogP contribution in [0.3, 0.4) is 0 Å². The number of carbonyl (C=O) groups is 1. The number of likely N-dealkylation sites (tertiary alicyclic amines) is 1. The van der Waals surface area contributed by atoms with Gasteiger partial charge >= 0.3 is 0 Å². The van der Waals surface area contributed by atoms with Crippen LogP contribution < -0.4 is 5.32 Å². The molecule has 1 aliphatic heterocycles.